The number of ether oxygens (including phenoxy) is 1. The fraction of sp³-hybridized carbons (Fsp3) is 0.188. The molecule has 0 aliphatic heterocycles. The second-order valence-corrected chi connectivity index (χ2v) is 9.87. The van der Waals surface area contributed by atoms with Crippen LogP contribution in [0.5, 0.6) is 0 Å². The van der Waals surface area contributed by atoms with Gasteiger partial charge in [0.1, 0.15) is 12.6 Å². The molecule has 208 valence electrons. The molecule has 0 radical (unpaired) electrons. The Morgan fingerprint density at radius 3 is 2.59 bits per heavy atom. The van der Waals surface area contributed by atoms with Crippen LogP contribution >= 0.6 is 0 Å². The van der Waals surface area contributed by atoms with E-state index in [2.05, 4.69) is 67.6 Å². The molecule has 0 aliphatic carbocycles. The number of aryl methyl sites for hydroxylation is 1. The summed E-state index contributed by atoms with van der Waals surface area (Å²) in [6.45, 7) is 4.94. The molecule has 5 rings (SSSR count). The van der Waals surface area contributed by atoms with Crippen molar-refractivity contribution < 1.29 is 14.3 Å². The van der Waals surface area contributed by atoms with Crippen LogP contribution in [-0.4, -0.2) is 38.8 Å². The average molecular weight is 549 g/mol. The standard InChI is InChI=1S/C32H32N6O3/c1-22-9-8-12-25(15-22)19-38-23(2)28(27-13-6-7-14-30(27)38)18-35-37-31(39)29(16-26-17-33-21-34-26)36-32(40)41-20-24-10-4-3-5-11-24/h3-15,17-18,21,29H,16,19-20H2,1-2H3,(H,33,34)(H,36,40)(H,37,39)/b35-18-/t29-/m0/s1. The highest BCUT2D eigenvalue weighted by Crippen LogP contribution is 2.25. The molecule has 2 amide bonds. The second kappa shape index (κ2) is 12.8. The van der Waals surface area contributed by atoms with Gasteiger partial charge in [0.2, 0.25) is 0 Å². The van der Waals surface area contributed by atoms with Crippen LogP contribution in [0.15, 0.2) is 96.5 Å². The number of alkyl carbamates (subject to hydrolysis) is 1. The number of rotatable bonds is 10. The molecule has 3 aromatic carbocycles. The van der Waals surface area contributed by atoms with Crippen molar-refractivity contribution in [1.82, 2.24) is 25.3 Å². The summed E-state index contributed by atoms with van der Waals surface area (Å²) in [4.78, 5) is 32.7. The van der Waals surface area contributed by atoms with E-state index in [1.807, 2.05) is 55.5 Å². The number of fused-ring (bicyclic) bond motifs is 1. The summed E-state index contributed by atoms with van der Waals surface area (Å²) in [6, 6.07) is 25.0. The quantitative estimate of drug-likeness (QED) is 0.168. The molecule has 2 aromatic heterocycles. The number of carbonyl (C=O) groups is 2. The van der Waals surface area contributed by atoms with Crippen LogP contribution in [0.2, 0.25) is 0 Å². The summed E-state index contributed by atoms with van der Waals surface area (Å²) in [7, 11) is 0. The Labute approximate surface area is 238 Å². The number of para-hydroxylation sites is 1. The highest BCUT2D eigenvalue weighted by atomic mass is 16.5. The fourth-order valence-corrected chi connectivity index (χ4v) is 4.79. The topological polar surface area (TPSA) is 113 Å². The van der Waals surface area contributed by atoms with Crippen LogP contribution in [0.4, 0.5) is 4.79 Å². The summed E-state index contributed by atoms with van der Waals surface area (Å²) in [5, 5.41) is 7.97. The number of hydrogen-bond donors (Lipinski definition) is 3. The summed E-state index contributed by atoms with van der Waals surface area (Å²) in [5.41, 5.74) is 9.57. The van der Waals surface area contributed by atoms with Gasteiger partial charge in [0.25, 0.3) is 5.91 Å². The lowest BCUT2D eigenvalue weighted by atomic mass is 10.1. The van der Waals surface area contributed by atoms with Gasteiger partial charge < -0.3 is 19.6 Å². The largest absolute Gasteiger partial charge is 0.445 e. The van der Waals surface area contributed by atoms with Crippen molar-refractivity contribution in [1.29, 1.82) is 0 Å². The lowest BCUT2D eigenvalue weighted by Gasteiger charge is -2.16. The van der Waals surface area contributed by atoms with Gasteiger partial charge in [0.05, 0.1) is 12.5 Å². The highest BCUT2D eigenvalue weighted by Gasteiger charge is 2.23. The summed E-state index contributed by atoms with van der Waals surface area (Å²) in [5.74, 6) is -0.478. The molecule has 0 unspecified atom stereocenters. The second-order valence-electron chi connectivity index (χ2n) is 9.87. The number of benzene rings is 3. The first kappa shape index (κ1) is 27.4. The molecule has 0 bridgehead atoms. The van der Waals surface area contributed by atoms with E-state index in [1.54, 1.807) is 12.4 Å². The van der Waals surface area contributed by atoms with Gasteiger partial charge in [0.15, 0.2) is 0 Å². The van der Waals surface area contributed by atoms with Gasteiger partial charge in [0, 0.05) is 47.0 Å². The number of H-pyrrole nitrogens is 1. The Morgan fingerprint density at radius 2 is 1.80 bits per heavy atom. The fourth-order valence-electron chi connectivity index (χ4n) is 4.79. The molecule has 9 heteroatoms. The molecule has 5 aromatic rings. The Kier molecular flexibility index (Phi) is 8.54. The van der Waals surface area contributed by atoms with Gasteiger partial charge >= 0.3 is 6.09 Å². The van der Waals surface area contributed by atoms with Crippen molar-refractivity contribution in [2.75, 3.05) is 0 Å². The summed E-state index contributed by atoms with van der Waals surface area (Å²) in [6.07, 6.45) is 4.27. The van der Waals surface area contributed by atoms with E-state index in [9.17, 15) is 9.59 Å². The van der Waals surface area contributed by atoms with E-state index in [0.717, 1.165) is 34.3 Å². The van der Waals surface area contributed by atoms with E-state index >= 15 is 0 Å². The molecular formula is C32H32N6O3. The van der Waals surface area contributed by atoms with E-state index in [4.69, 9.17) is 4.74 Å². The predicted octanol–water partition coefficient (Wildman–Crippen LogP) is 5.02. The number of hydrogen-bond acceptors (Lipinski definition) is 5. The number of imidazole rings is 1. The zero-order valence-corrected chi connectivity index (χ0v) is 23.0. The summed E-state index contributed by atoms with van der Waals surface area (Å²) < 4.78 is 7.58. The third-order valence-electron chi connectivity index (χ3n) is 6.87. The first-order chi connectivity index (χ1) is 20.0. The molecule has 2 heterocycles. The number of aromatic amines is 1. The normalized spacial score (nSPS) is 12.0. The van der Waals surface area contributed by atoms with Gasteiger partial charge in [-0.15, -0.1) is 0 Å². The third-order valence-corrected chi connectivity index (χ3v) is 6.87. The molecule has 0 saturated carbocycles. The molecule has 3 N–H and O–H groups in total. The molecule has 0 saturated heterocycles. The van der Waals surface area contributed by atoms with Gasteiger partial charge in [-0.1, -0.05) is 78.4 Å². The van der Waals surface area contributed by atoms with E-state index in [1.165, 1.54) is 17.5 Å². The van der Waals surface area contributed by atoms with E-state index in [-0.39, 0.29) is 13.0 Å². The maximum atomic E-state index is 13.2. The minimum atomic E-state index is -0.931. The van der Waals surface area contributed by atoms with Gasteiger partial charge in [-0.05, 0) is 31.0 Å². The Hall–Kier alpha value is -5.18. The van der Waals surface area contributed by atoms with Crippen LogP contribution in [-0.2, 0) is 29.1 Å². The number of nitrogens with one attached hydrogen (secondary N) is 3. The molecule has 1 atom stereocenters. The number of aromatic nitrogens is 3. The third kappa shape index (κ3) is 6.88. The lowest BCUT2D eigenvalue weighted by Crippen LogP contribution is -2.47. The van der Waals surface area contributed by atoms with Crippen molar-refractivity contribution in [3.63, 3.8) is 0 Å². The monoisotopic (exact) mass is 548 g/mol. The summed E-state index contributed by atoms with van der Waals surface area (Å²) >= 11 is 0. The molecule has 0 spiro atoms. The Morgan fingerprint density at radius 1 is 1.02 bits per heavy atom. The van der Waals surface area contributed by atoms with Crippen LogP contribution in [0.3, 0.4) is 0 Å². The number of carbonyl (C=O) groups excluding carboxylic acids is 2. The SMILES string of the molecule is Cc1cccc(Cn2c(C)c(/C=N\NC(=O)[C@H](Cc3cnc[nH]3)NC(=O)OCc3ccccc3)c3ccccc32)c1. The molecule has 0 fully saturated rings. The van der Waals surface area contributed by atoms with E-state index < -0.39 is 18.0 Å². The van der Waals surface area contributed by atoms with Crippen molar-refractivity contribution >= 4 is 29.1 Å². The van der Waals surface area contributed by atoms with Crippen LogP contribution in [0.25, 0.3) is 10.9 Å². The predicted molar refractivity (Wildman–Crippen MR) is 159 cm³/mol. The smallest absolute Gasteiger partial charge is 0.408 e. The first-order valence-electron chi connectivity index (χ1n) is 13.4. The molecule has 41 heavy (non-hydrogen) atoms. The maximum absolute atomic E-state index is 13.2. The zero-order valence-electron chi connectivity index (χ0n) is 23.0. The van der Waals surface area contributed by atoms with Gasteiger partial charge in [-0.2, -0.15) is 5.10 Å². The minimum absolute atomic E-state index is 0.0924. The minimum Gasteiger partial charge on any atom is -0.445 e. The number of hydrazone groups is 1. The van der Waals surface area contributed by atoms with Crippen LogP contribution < -0.4 is 10.7 Å². The Bertz CT molecular complexity index is 1660. The first-order valence-corrected chi connectivity index (χ1v) is 13.4. The maximum Gasteiger partial charge on any atom is 0.408 e. The number of nitrogens with zero attached hydrogens (tertiary/aromatic N) is 3. The van der Waals surface area contributed by atoms with Gasteiger partial charge in [-0.25, -0.2) is 15.2 Å². The Balaban J connectivity index is 1.30. The van der Waals surface area contributed by atoms with Gasteiger partial charge in [-0.3, -0.25) is 4.79 Å². The van der Waals surface area contributed by atoms with Crippen molar-refractivity contribution in [3.05, 3.63) is 125 Å². The van der Waals surface area contributed by atoms with Crippen molar-refractivity contribution in [2.45, 2.75) is 39.5 Å². The molecular weight excluding hydrogens is 516 g/mol. The van der Waals surface area contributed by atoms with Crippen molar-refractivity contribution in [3.8, 4) is 0 Å². The lowest BCUT2D eigenvalue weighted by molar-refractivity contribution is -0.123. The zero-order chi connectivity index (χ0) is 28.6. The molecule has 0 aliphatic rings. The van der Waals surface area contributed by atoms with E-state index in [0.29, 0.717) is 5.69 Å². The van der Waals surface area contributed by atoms with Crippen molar-refractivity contribution in [2.24, 2.45) is 5.10 Å². The molecule has 9 nitrogen and oxygen atoms in total. The van der Waals surface area contributed by atoms with Crippen LogP contribution in [0.1, 0.15) is 33.6 Å². The average Bonchev–Trinajstić information content (AvgIpc) is 3.59. The number of amides is 2. The highest BCUT2D eigenvalue weighted by molar-refractivity contribution is 6.01. The van der Waals surface area contributed by atoms with Crippen LogP contribution in [0, 0.1) is 13.8 Å².